The van der Waals surface area contributed by atoms with Crippen molar-refractivity contribution in [3.63, 3.8) is 0 Å². The van der Waals surface area contributed by atoms with Gasteiger partial charge >= 0.3 is 0 Å². The molecule has 1 aliphatic heterocycles. The number of carbonyl (C=O) groups excluding carboxylic acids is 1. The molecule has 1 fully saturated rings. The monoisotopic (exact) mass is 310 g/mol. The maximum Gasteiger partial charge on any atom is 0.259 e. The highest BCUT2D eigenvalue weighted by atomic mass is 35.5. The highest BCUT2D eigenvalue weighted by molar-refractivity contribution is 7.13. The van der Waals surface area contributed by atoms with E-state index in [0.717, 1.165) is 18.7 Å². The van der Waals surface area contributed by atoms with Gasteiger partial charge in [-0.2, -0.15) is 0 Å². The summed E-state index contributed by atoms with van der Waals surface area (Å²) in [7, 11) is 0. The van der Waals surface area contributed by atoms with Crippen LogP contribution >= 0.6 is 23.7 Å². The zero-order valence-corrected chi connectivity index (χ0v) is 12.3. The Kier molecular flexibility index (Phi) is 5.05. The van der Waals surface area contributed by atoms with Gasteiger partial charge in [0.1, 0.15) is 0 Å². The minimum atomic E-state index is -0.173. The van der Waals surface area contributed by atoms with Crippen molar-refractivity contribution in [3.05, 3.63) is 41.2 Å². The summed E-state index contributed by atoms with van der Waals surface area (Å²) in [6.45, 7) is 1.04. The van der Waals surface area contributed by atoms with Crippen molar-refractivity contribution in [3.8, 4) is 0 Å². The minimum absolute atomic E-state index is 0. The predicted octanol–water partition coefficient (Wildman–Crippen LogP) is 2.64. The summed E-state index contributed by atoms with van der Waals surface area (Å²) in [6, 6.07) is 4.06. The standard InChI is InChI=1S/C13H14N4OS.ClH/c18-12(17-13-15-6-7-19-13)9-3-4-11(16-8-9)10-2-1-5-14-10;/h3-4,6-8,10,14H,1-2,5H2,(H,15,17,18);1H. The van der Waals surface area contributed by atoms with Gasteiger partial charge in [-0.3, -0.25) is 15.1 Å². The minimum Gasteiger partial charge on any atom is -0.309 e. The summed E-state index contributed by atoms with van der Waals surface area (Å²) < 4.78 is 0. The lowest BCUT2D eigenvalue weighted by molar-refractivity contribution is 0.102. The summed E-state index contributed by atoms with van der Waals surface area (Å²) in [6.07, 6.45) is 5.57. The molecule has 20 heavy (non-hydrogen) atoms. The van der Waals surface area contributed by atoms with Gasteiger partial charge in [-0.25, -0.2) is 4.98 Å². The SMILES string of the molecule is Cl.O=C(Nc1nccs1)c1ccc(C2CCCN2)nc1. The number of nitrogens with one attached hydrogen (secondary N) is 2. The van der Waals surface area contributed by atoms with E-state index in [1.165, 1.54) is 17.8 Å². The van der Waals surface area contributed by atoms with Crippen LogP contribution in [0.25, 0.3) is 0 Å². The Bertz CT molecular complexity index is 552. The lowest BCUT2D eigenvalue weighted by Gasteiger charge is -2.09. The summed E-state index contributed by atoms with van der Waals surface area (Å²) >= 11 is 1.40. The number of carbonyl (C=O) groups is 1. The molecule has 2 aromatic heterocycles. The van der Waals surface area contributed by atoms with Gasteiger partial charge < -0.3 is 5.32 Å². The molecule has 0 aromatic carbocycles. The highest BCUT2D eigenvalue weighted by Gasteiger charge is 2.17. The molecule has 0 saturated carbocycles. The van der Waals surface area contributed by atoms with E-state index in [1.54, 1.807) is 12.4 Å². The quantitative estimate of drug-likeness (QED) is 0.914. The Labute approximate surface area is 127 Å². The number of anilines is 1. The molecule has 0 bridgehead atoms. The molecule has 1 saturated heterocycles. The Hall–Kier alpha value is -1.50. The van der Waals surface area contributed by atoms with Gasteiger partial charge in [0.15, 0.2) is 5.13 Å². The summed E-state index contributed by atoms with van der Waals surface area (Å²) in [4.78, 5) is 20.3. The number of rotatable bonds is 3. The third kappa shape index (κ3) is 3.33. The van der Waals surface area contributed by atoms with Crippen LogP contribution in [0.1, 0.15) is 34.9 Å². The predicted molar refractivity (Wildman–Crippen MR) is 81.5 cm³/mol. The highest BCUT2D eigenvalue weighted by Crippen LogP contribution is 2.21. The maximum absolute atomic E-state index is 11.9. The fourth-order valence-corrected chi connectivity index (χ4v) is 2.66. The van der Waals surface area contributed by atoms with Crippen LogP contribution in [-0.4, -0.2) is 22.4 Å². The van der Waals surface area contributed by atoms with E-state index in [2.05, 4.69) is 20.6 Å². The topological polar surface area (TPSA) is 66.9 Å². The van der Waals surface area contributed by atoms with E-state index in [9.17, 15) is 4.79 Å². The number of aromatic nitrogens is 2. The fraction of sp³-hybridized carbons (Fsp3) is 0.308. The van der Waals surface area contributed by atoms with Gasteiger partial charge in [-0.05, 0) is 31.5 Å². The maximum atomic E-state index is 11.9. The average Bonchev–Trinajstić information content (AvgIpc) is 3.12. The van der Waals surface area contributed by atoms with Crippen molar-refractivity contribution >= 4 is 34.8 Å². The van der Waals surface area contributed by atoms with Crippen LogP contribution in [0.2, 0.25) is 0 Å². The molecular formula is C13H15ClN4OS. The second kappa shape index (κ2) is 6.78. The first-order valence-electron chi connectivity index (χ1n) is 6.23. The second-order valence-electron chi connectivity index (χ2n) is 4.41. The Balaban J connectivity index is 0.00000147. The molecule has 1 aliphatic rings. The number of nitrogens with zero attached hydrogens (tertiary/aromatic N) is 2. The molecule has 0 aliphatic carbocycles. The molecule has 7 heteroatoms. The normalized spacial score (nSPS) is 17.5. The average molecular weight is 311 g/mol. The lowest BCUT2D eigenvalue weighted by Crippen LogP contribution is -2.16. The Morgan fingerprint density at radius 2 is 2.30 bits per heavy atom. The van der Waals surface area contributed by atoms with E-state index in [1.807, 2.05) is 17.5 Å². The summed E-state index contributed by atoms with van der Waals surface area (Å²) in [5.74, 6) is -0.173. The number of amides is 1. The third-order valence-electron chi connectivity index (χ3n) is 3.12. The van der Waals surface area contributed by atoms with Gasteiger partial charge in [-0.1, -0.05) is 0 Å². The molecule has 106 valence electrons. The van der Waals surface area contributed by atoms with E-state index >= 15 is 0 Å². The molecular weight excluding hydrogens is 296 g/mol. The molecule has 3 heterocycles. The molecule has 2 N–H and O–H groups in total. The first-order valence-corrected chi connectivity index (χ1v) is 7.11. The summed E-state index contributed by atoms with van der Waals surface area (Å²) in [5, 5.41) is 8.55. The van der Waals surface area contributed by atoms with Crippen molar-refractivity contribution in [2.45, 2.75) is 18.9 Å². The van der Waals surface area contributed by atoms with Crippen LogP contribution in [0.3, 0.4) is 0 Å². The number of hydrogen-bond acceptors (Lipinski definition) is 5. The number of halogens is 1. The van der Waals surface area contributed by atoms with E-state index in [0.29, 0.717) is 16.7 Å². The van der Waals surface area contributed by atoms with Crippen LogP contribution in [-0.2, 0) is 0 Å². The molecule has 2 aromatic rings. The fourth-order valence-electron chi connectivity index (χ4n) is 2.14. The largest absolute Gasteiger partial charge is 0.309 e. The Morgan fingerprint density at radius 3 is 2.90 bits per heavy atom. The first kappa shape index (κ1) is 14.9. The van der Waals surface area contributed by atoms with Gasteiger partial charge in [-0.15, -0.1) is 23.7 Å². The second-order valence-corrected chi connectivity index (χ2v) is 5.31. The summed E-state index contributed by atoms with van der Waals surface area (Å²) in [5.41, 5.74) is 1.56. The number of hydrogen-bond donors (Lipinski definition) is 2. The van der Waals surface area contributed by atoms with Crippen LogP contribution in [0.4, 0.5) is 5.13 Å². The van der Waals surface area contributed by atoms with Gasteiger partial charge in [0, 0.05) is 23.8 Å². The zero-order chi connectivity index (χ0) is 13.1. The number of pyridine rings is 1. The smallest absolute Gasteiger partial charge is 0.259 e. The van der Waals surface area contributed by atoms with Gasteiger partial charge in [0.25, 0.3) is 5.91 Å². The van der Waals surface area contributed by atoms with Crippen LogP contribution in [0.5, 0.6) is 0 Å². The molecule has 3 rings (SSSR count). The van der Waals surface area contributed by atoms with Gasteiger partial charge in [0.05, 0.1) is 11.3 Å². The van der Waals surface area contributed by atoms with Crippen molar-refractivity contribution in [2.24, 2.45) is 0 Å². The van der Waals surface area contributed by atoms with Crippen molar-refractivity contribution in [1.82, 2.24) is 15.3 Å². The van der Waals surface area contributed by atoms with Crippen LogP contribution in [0.15, 0.2) is 29.9 Å². The van der Waals surface area contributed by atoms with E-state index in [4.69, 9.17) is 0 Å². The Morgan fingerprint density at radius 1 is 1.40 bits per heavy atom. The van der Waals surface area contributed by atoms with Gasteiger partial charge in [0.2, 0.25) is 0 Å². The zero-order valence-electron chi connectivity index (χ0n) is 10.7. The molecule has 0 radical (unpaired) electrons. The third-order valence-corrected chi connectivity index (χ3v) is 3.81. The molecule has 1 atom stereocenters. The van der Waals surface area contributed by atoms with Crippen LogP contribution in [0, 0.1) is 0 Å². The number of thiazole rings is 1. The van der Waals surface area contributed by atoms with Crippen molar-refractivity contribution in [2.75, 3.05) is 11.9 Å². The van der Waals surface area contributed by atoms with E-state index in [-0.39, 0.29) is 18.3 Å². The lowest BCUT2D eigenvalue weighted by atomic mass is 10.1. The molecule has 1 unspecified atom stereocenters. The first-order chi connectivity index (χ1) is 9.33. The van der Waals surface area contributed by atoms with Crippen molar-refractivity contribution < 1.29 is 4.79 Å². The molecule has 0 spiro atoms. The molecule has 5 nitrogen and oxygen atoms in total. The molecule has 1 amide bonds. The van der Waals surface area contributed by atoms with Crippen LogP contribution < -0.4 is 10.6 Å². The van der Waals surface area contributed by atoms with E-state index < -0.39 is 0 Å². The van der Waals surface area contributed by atoms with Crippen molar-refractivity contribution in [1.29, 1.82) is 0 Å².